The van der Waals surface area contributed by atoms with Crippen LogP contribution in [0.5, 0.6) is 0 Å². The van der Waals surface area contributed by atoms with Crippen molar-refractivity contribution in [2.45, 2.75) is 30.7 Å². The van der Waals surface area contributed by atoms with E-state index in [0.717, 1.165) is 0 Å². The van der Waals surface area contributed by atoms with E-state index in [4.69, 9.17) is 25.5 Å². The second kappa shape index (κ2) is 3.65. The van der Waals surface area contributed by atoms with Gasteiger partial charge in [0, 0.05) is 0 Å². The fourth-order valence-electron chi connectivity index (χ4n) is 1.08. The van der Waals surface area contributed by atoms with Crippen LogP contribution in [0.2, 0.25) is 0 Å². The third-order valence-corrected chi connectivity index (χ3v) is 1.87. The topological polar surface area (TPSA) is 110 Å². The molecule has 1 rings (SSSR count). The molecule has 0 aromatic heterocycles. The van der Waals surface area contributed by atoms with Crippen LogP contribution in [0, 0.1) is 0 Å². The van der Waals surface area contributed by atoms with Crippen molar-refractivity contribution in [1.82, 2.24) is 0 Å². The summed E-state index contributed by atoms with van der Waals surface area (Å²) in [6.45, 7) is -0.526. The van der Waals surface area contributed by atoms with Gasteiger partial charge in [-0.2, -0.15) is 0 Å². The molecular weight excluding hydrogens is 169 g/mol. The molecule has 6 heteroatoms. The molecule has 1 saturated heterocycles. The Labute approximate surface area is 68.6 Å². The Morgan fingerprint density at radius 3 is 2.00 bits per heavy atom. The van der Waals surface area contributed by atoms with E-state index in [-0.39, 0.29) is 0 Å². The monoisotopic (exact) mass is 181 g/mol. The summed E-state index contributed by atoms with van der Waals surface area (Å²) in [7, 11) is 0. The molecule has 0 saturated carbocycles. The Hall–Kier alpha value is -0.240. The van der Waals surface area contributed by atoms with Gasteiger partial charge < -0.3 is 30.3 Å². The Bertz CT molecular complexity index is 146. The molecule has 72 valence electrons. The number of aliphatic hydroxyl groups excluding tert-OH is 5. The van der Waals surface area contributed by atoms with Gasteiger partial charge in [0.2, 0.25) is 0 Å². The molecule has 0 radical (unpaired) electrons. The average molecular weight is 181 g/mol. The summed E-state index contributed by atoms with van der Waals surface area (Å²) in [4.78, 5) is 0. The largest absolute Gasteiger partial charge is 0.394 e. The van der Waals surface area contributed by atoms with E-state index in [1.165, 1.54) is 0 Å². The summed E-state index contributed by atoms with van der Waals surface area (Å²) in [5.74, 6) is 0. The van der Waals surface area contributed by atoms with Gasteiger partial charge in [0.25, 0.3) is 0 Å². The third-order valence-electron chi connectivity index (χ3n) is 1.87. The predicted octanol–water partition coefficient (Wildman–Crippen LogP) is -3.22. The Balaban J connectivity index is 2.63. The predicted molar refractivity (Wildman–Crippen MR) is 36.0 cm³/mol. The first-order valence-electron chi connectivity index (χ1n) is 3.56. The zero-order valence-electron chi connectivity index (χ0n) is 6.24. The van der Waals surface area contributed by atoms with Gasteiger partial charge in [0.15, 0.2) is 6.29 Å². The highest BCUT2D eigenvalue weighted by molar-refractivity contribution is 4.87. The number of ether oxygens (including phenoxy) is 1. The van der Waals surface area contributed by atoms with Crippen molar-refractivity contribution in [3.8, 4) is 0 Å². The minimum absolute atomic E-state index is 0.526. The Morgan fingerprint density at radius 1 is 0.917 bits per heavy atom. The number of rotatable bonds is 1. The number of aliphatic hydroxyl groups is 5. The van der Waals surface area contributed by atoms with Crippen LogP contribution in [0.15, 0.2) is 0 Å². The lowest BCUT2D eigenvalue weighted by Gasteiger charge is -2.37. The van der Waals surface area contributed by atoms with Crippen LogP contribution in [0.3, 0.4) is 0 Å². The van der Waals surface area contributed by atoms with E-state index in [1.807, 2.05) is 0 Å². The van der Waals surface area contributed by atoms with E-state index < -0.39 is 37.3 Å². The van der Waals surface area contributed by atoms with Crippen LogP contribution in [0.25, 0.3) is 0 Å². The zero-order chi connectivity index (χ0) is 9.30. The summed E-state index contributed by atoms with van der Waals surface area (Å²) in [5.41, 5.74) is 0. The highest BCUT2D eigenvalue weighted by Crippen LogP contribution is 2.18. The summed E-state index contributed by atoms with van der Waals surface area (Å²) < 4.78 is 4.58. The first-order chi connectivity index (χ1) is 5.57. The fourth-order valence-corrected chi connectivity index (χ4v) is 1.08. The molecule has 0 aromatic carbocycles. The van der Waals surface area contributed by atoms with E-state index in [9.17, 15) is 0 Å². The normalized spacial score (nSPS) is 49.2. The summed E-state index contributed by atoms with van der Waals surface area (Å²) in [5, 5.41) is 44.7. The molecule has 0 spiro atoms. The van der Waals surface area contributed by atoms with Crippen molar-refractivity contribution in [2.24, 2.45) is 0 Å². The minimum atomic E-state index is -1.57. The molecule has 0 amide bonds. The molecule has 1 fully saturated rings. The molecule has 1 unspecified atom stereocenters. The summed E-state index contributed by atoms with van der Waals surface area (Å²) >= 11 is 0. The van der Waals surface area contributed by atoms with Gasteiger partial charge >= 0.3 is 0 Å². The SMILES string of the molecule is OC[C@H]1OC(O)[C@@H](O)[13C@@H](O)[C@@H]1O. The van der Waals surface area contributed by atoms with Crippen LogP contribution in [-0.2, 0) is 4.74 Å². The van der Waals surface area contributed by atoms with Gasteiger partial charge in [-0.3, -0.25) is 0 Å². The molecule has 12 heavy (non-hydrogen) atoms. The zero-order valence-corrected chi connectivity index (χ0v) is 6.24. The maximum Gasteiger partial charge on any atom is 0.184 e. The average Bonchev–Trinajstić information content (AvgIpc) is 2.08. The molecule has 1 aliphatic rings. The number of hydrogen-bond acceptors (Lipinski definition) is 6. The maximum atomic E-state index is 9.12. The van der Waals surface area contributed by atoms with Gasteiger partial charge in [0.1, 0.15) is 24.4 Å². The molecule has 1 heterocycles. The van der Waals surface area contributed by atoms with Gasteiger partial charge in [0.05, 0.1) is 6.61 Å². The van der Waals surface area contributed by atoms with E-state index in [2.05, 4.69) is 4.74 Å². The van der Waals surface area contributed by atoms with Gasteiger partial charge in [-0.25, -0.2) is 0 Å². The first kappa shape index (κ1) is 9.85. The standard InChI is InChI=1S/C6H12O6/c7-1-2-3(8)4(9)5(10)6(11)12-2/h2-11H,1H2/t2-,3-,4+,5+,6?/m1/s1/i4+1. The van der Waals surface area contributed by atoms with Gasteiger partial charge in [-0.05, 0) is 0 Å². The third kappa shape index (κ3) is 1.58. The van der Waals surface area contributed by atoms with Crippen LogP contribution in [0.4, 0.5) is 0 Å². The lowest BCUT2D eigenvalue weighted by molar-refractivity contribution is -0.286. The van der Waals surface area contributed by atoms with Crippen molar-refractivity contribution in [3.63, 3.8) is 0 Å². The van der Waals surface area contributed by atoms with Crippen LogP contribution >= 0.6 is 0 Å². The molecule has 5 atom stereocenters. The molecular formula is C6H12O6. The lowest BCUT2D eigenvalue weighted by Crippen LogP contribution is -2.58. The highest BCUT2D eigenvalue weighted by atomic mass is 16.6. The molecule has 0 aromatic rings. The van der Waals surface area contributed by atoms with Crippen molar-refractivity contribution < 1.29 is 30.3 Å². The van der Waals surface area contributed by atoms with Crippen molar-refractivity contribution >= 4 is 0 Å². The van der Waals surface area contributed by atoms with Crippen molar-refractivity contribution in [1.29, 1.82) is 0 Å². The molecule has 0 aliphatic carbocycles. The summed E-state index contributed by atoms with van der Waals surface area (Å²) in [6, 6.07) is 0. The molecule has 1 aliphatic heterocycles. The van der Waals surface area contributed by atoms with Crippen LogP contribution in [-0.4, -0.2) is 62.8 Å². The second-order valence-electron chi connectivity index (χ2n) is 2.72. The van der Waals surface area contributed by atoms with Crippen molar-refractivity contribution in [3.05, 3.63) is 0 Å². The van der Waals surface area contributed by atoms with Crippen molar-refractivity contribution in [2.75, 3.05) is 6.61 Å². The van der Waals surface area contributed by atoms with E-state index in [1.54, 1.807) is 0 Å². The number of hydrogen-bond donors (Lipinski definition) is 5. The second-order valence-corrected chi connectivity index (χ2v) is 2.72. The van der Waals surface area contributed by atoms with Gasteiger partial charge in [-0.15, -0.1) is 0 Å². The van der Waals surface area contributed by atoms with Crippen LogP contribution < -0.4 is 0 Å². The highest BCUT2D eigenvalue weighted by Gasteiger charge is 2.42. The fraction of sp³-hybridized carbons (Fsp3) is 1.00. The summed E-state index contributed by atoms with van der Waals surface area (Å²) in [6.07, 6.45) is -7.04. The Morgan fingerprint density at radius 2 is 1.50 bits per heavy atom. The lowest BCUT2D eigenvalue weighted by atomic mass is 10.2. The smallest absolute Gasteiger partial charge is 0.184 e. The van der Waals surface area contributed by atoms with Gasteiger partial charge in [-0.1, -0.05) is 0 Å². The minimum Gasteiger partial charge on any atom is -0.394 e. The molecule has 6 nitrogen and oxygen atoms in total. The quantitative estimate of drug-likeness (QED) is 0.272. The molecule has 0 bridgehead atoms. The Kier molecular flexibility index (Phi) is 2.99. The first-order valence-corrected chi connectivity index (χ1v) is 3.56. The maximum absolute atomic E-state index is 9.12. The van der Waals surface area contributed by atoms with Crippen LogP contribution in [0.1, 0.15) is 0 Å². The van der Waals surface area contributed by atoms with E-state index >= 15 is 0 Å². The molecule has 5 N–H and O–H groups in total. The van der Waals surface area contributed by atoms with E-state index in [0.29, 0.717) is 0 Å².